The number of carbonyl (C=O) groups excluding carboxylic acids is 1. The van der Waals surface area contributed by atoms with Crippen LogP contribution in [0.15, 0.2) is 30.3 Å². The number of benzene rings is 1. The van der Waals surface area contributed by atoms with Crippen molar-refractivity contribution in [2.24, 2.45) is 0 Å². The second-order valence-electron chi connectivity index (χ2n) is 5.80. The summed E-state index contributed by atoms with van der Waals surface area (Å²) in [5, 5.41) is 14.7. The van der Waals surface area contributed by atoms with E-state index in [4.69, 9.17) is 14.2 Å². The monoisotopic (exact) mass is 352 g/mol. The van der Waals surface area contributed by atoms with Gasteiger partial charge in [-0.15, -0.1) is 0 Å². The maximum Gasteiger partial charge on any atom is 0.408 e. The Morgan fingerprint density at radius 3 is 2.72 bits per heavy atom. The van der Waals surface area contributed by atoms with Crippen molar-refractivity contribution in [3.05, 3.63) is 35.9 Å². The molecule has 1 unspecified atom stereocenters. The van der Waals surface area contributed by atoms with Gasteiger partial charge in [-0.05, 0) is 18.4 Å². The van der Waals surface area contributed by atoms with Gasteiger partial charge < -0.3 is 24.6 Å². The van der Waals surface area contributed by atoms with E-state index in [0.717, 1.165) is 18.4 Å². The van der Waals surface area contributed by atoms with Gasteiger partial charge in [0.15, 0.2) is 6.04 Å². The van der Waals surface area contributed by atoms with E-state index in [2.05, 4.69) is 10.6 Å². The van der Waals surface area contributed by atoms with Crippen LogP contribution < -0.4 is 10.6 Å². The number of carboxylic acid groups (broad SMARTS) is 1. The number of nitrogens with one attached hydrogen (secondary N) is 2. The molecule has 1 aromatic carbocycles. The standard InChI is InChI=1S/C17H24N2O6/c1-23-15-8-7-13(18-15)10-24-11-14(16(20)21)19-17(22)25-9-12-5-3-2-4-6-12/h2-6,13-15,18H,7-11H2,1H3,(H,19,22)(H,20,21)/t13-,14-,15?/m0/s1. The summed E-state index contributed by atoms with van der Waals surface area (Å²) < 4.78 is 15.6. The quantitative estimate of drug-likeness (QED) is 0.611. The smallest absolute Gasteiger partial charge is 0.408 e. The Morgan fingerprint density at radius 2 is 2.08 bits per heavy atom. The zero-order valence-electron chi connectivity index (χ0n) is 14.1. The van der Waals surface area contributed by atoms with Crippen LogP contribution in [0.2, 0.25) is 0 Å². The summed E-state index contributed by atoms with van der Waals surface area (Å²) in [6.45, 7) is 0.292. The van der Waals surface area contributed by atoms with Crippen molar-refractivity contribution in [2.75, 3.05) is 20.3 Å². The molecule has 0 aromatic heterocycles. The molecule has 25 heavy (non-hydrogen) atoms. The first-order chi connectivity index (χ1) is 12.1. The maximum atomic E-state index is 11.8. The molecule has 0 aliphatic carbocycles. The summed E-state index contributed by atoms with van der Waals surface area (Å²) in [6, 6.07) is 8.09. The van der Waals surface area contributed by atoms with Crippen LogP contribution in [0, 0.1) is 0 Å². The van der Waals surface area contributed by atoms with Gasteiger partial charge in [-0.25, -0.2) is 9.59 Å². The van der Waals surface area contributed by atoms with Crippen LogP contribution in [-0.2, 0) is 25.6 Å². The van der Waals surface area contributed by atoms with Crippen LogP contribution >= 0.6 is 0 Å². The molecule has 1 fully saturated rings. The fraction of sp³-hybridized carbons (Fsp3) is 0.529. The van der Waals surface area contributed by atoms with Crippen LogP contribution in [0.5, 0.6) is 0 Å². The van der Waals surface area contributed by atoms with Crippen molar-refractivity contribution in [2.45, 2.75) is 37.8 Å². The predicted octanol–water partition coefficient (Wildman–Crippen LogP) is 1.11. The summed E-state index contributed by atoms with van der Waals surface area (Å²) in [5.74, 6) is -1.18. The lowest BCUT2D eigenvalue weighted by atomic mass is 10.2. The molecule has 1 saturated heterocycles. The van der Waals surface area contributed by atoms with E-state index in [0.29, 0.717) is 6.61 Å². The molecular weight excluding hydrogens is 328 g/mol. The van der Waals surface area contributed by atoms with Crippen LogP contribution in [-0.4, -0.2) is 55.8 Å². The molecule has 3 atom stereocenters. The fourth-order valence-electron chi connectivity index (χ4n) is 2.51. The zero-order chi connectivity index (χ0) is 18.1. The molecule has 1 heterocycles. The molecule has 8 heteroatoms. The van der Waals surface area contributed by atoms with Crippen LogP contribution in [0.4, 0.5) is 4.79 Å². The molecule has 1 amide bonds. The van der Waals surface area contributed by atoms with Crippen molar-refractivity contribution in [1.29, 1.82) is 0 Å². The normalized spacial score (nSPS) is 20.8. The highest BCUT2D eigenvalue weighted by Crippen LogP contribution is 2.12. The number of methoxy groups -OCH3 is 1. The van der Waals surface area contributed by atoms with Gasteiger partial charge in [0, 0.05) is 13.2 Å². The largest absolute Gasteiger partial charge is 0.480 e. The Labute approximate surface area is 146 Å². The summed E-state index contributed by atoms with van der Waals surface area (Å²) in [7, 11) is 1.63. The van der Waals surface area contributed by atoms with E-state index in [1.54, 1.807) is 7.11 Å². The number of alkyl carbamates (subject to hydrolysis) is 1. The van der Waals surface area contributed by atoms with E-state index in [9.17, 15) is 14.7 Å². The molecule has 8 nitrogen and oxygen atoms in total. The van der Waals surface area contributed by atoms with Gasteiger partial charge in [-0.3, -0.25) is 5.32 Å². The molecule has 0 radical (unpaired) electrons. The molecule has 0 spiro atoms. The molecule has 2 rings (SSSR count). The Balaban J connectivity index is 1.69. The minimum absolute atomic E-state index is 0.00922. The molecule has 3 N–H and O–H groups in total. The van der Waals surface area contributed by atoms with E-state index < -0.39 is 18.1 Å². The molecule has 1 aromatic rings. The number of ether oxygens (including phenoxy) is 3. The zero-order valence-corrected chi connectivity index (χ0v) is 14.1. The highest BCUT2D eigenvalue weighted by molar-refractivity contribution is 5.80. The lowest BCUT2D eigenvalue weighted by Gasteiger charge is -2.17. The van der Waals surface area contributed by atoms with E-state index >= 15 is 0 Å². The van der Waals surface area contributed by atoms with Gasteiger partial charge in [-0.1, -0.05) is 30.3 Å². The van der Waals surface area contributed by atoms with Crippen molar-refractivity contribution in [1.82, 2.24) is 10.6 Å². The Hall–Kier alpha value is -2.16. The first kappa shape index (κ1) is 19.2. The summed E-state index contributed by atoms with van der Waals surface area (Å²) in [5.41, 5.74) is 0.820. The number of carbonyl (C=O) groups is 2. The maximum absolute atomic E-state index is 11.8. The highest BCUT2D eigenvalue weighted by atomic mass is 16.5. The average Bonchev–Trinajstić information content (AvgIpc) is 3.08. The van der Waals surface area contributed by atoms with Crippen molar-refractivity contribution in [3.8, 4) is 0 Å². The number of amides is 1. The van der Waals surface area contributed by atoms with Gasteiger partial charge >= 0.3 is 12.1 Å². The molecule has 138 valence electrons. The molecular formula is C17H24N2O6. The van der Waals surface area contributed by atoms with Gasteiger partial charge in [0.1, 0.15) is 12.8 Å². The van der Waals surface area contributed by atoms with E-state index in [1.165, 1.54) is 0 Å². The lowest BCUT2D eigenvalue weighted by molar-refractivity contribution is -0.141. The van der Waals surface area contributed by atoms with Gasteiger partial charge in [-0.2, -0.15) is 0 Å². The van der Waals surface area contributed by atoms with Crippen molar-refractivity contribution < 1.29 is 28.9 Å². The molecule has 1 aliphatic rings. The number of hydrogen-bond donors (Lipinski definition) is 3. The highest BCUT2D eigenvalue weighted by Gasteiger charge is 2.25. The summed E-state index contributed by atoms with van der Waals surface area (Å²) in [4.78, 5) is 23.0. The third-order valence-corrected chi connectivity index (χ3v) is 3.89. The van der Waals surface area contributed by atoms with E-state index in [1.807, 2.05) is 30.3 Å². The van der Waals surface area contributed by atoms with Gasteiger partial charge in [0.25, 0.3) is 0 Å². The molecule has 0 saturated carbocycles. The second-order valence-corrected chi connectivity index (χ2v) is 5.80. The number of rotatable bonds is 9. The van der Waals surface area contributed by atoms with E-state index in [-0.39, 0.29) is 25.5 Å². The minimum Gasteiger partial charge on any atom is -0.480 e. The van der Waals surface area contributed by atoms with Crippen molar-refractivity contribution in [3.63, 3.8) is 0 Å². The number of hydrogen-bond acceptors (Lipinski definition) is 6. The van der Waals surface area contributed by atoms with Crippen LogP contribution in [0.1, 0.15) is 18.4 Å². The van der Waals surface area contributed by atoms with Crippen LogP contribution in [0.3, 0.4) is 0 Å². The lowest BCUT2D eigenvalue weighted by Crippen LogP contribution is -2.45. The summed E-state index contributed by atoms with van der Waals surface area (Å²) in [6.07, 6.45) is 0.993. The Morgan fingerprint density at radius 1 is 1.32 bits per heavy atom. The molecule has 0 bridgehead atoms. The van der Waals surface area contributed by atoms with Crippen LogP contribution in [0.25, 0.3) is 0 Å². The first-order valence-electron chi connectivity index (χ1n) is 8.15. The average molecular weight is 352 g/mol. The summed E-state index contributed by atoms with van der Waals surface area (Å²) >= 11 is 0. The number of aliphatic carboxylic acids is 1. The SMILES string of the molecule is COC1CC[C@@H](COC[C@H](NC(=O)OCc2ccccc2)C(=O)O)N1. The van der Waals surface area contributed by atoms with Gasteiger partial charge in [0.05, 0.1) is 13.2 Å². The Bertz CT molecular complexity index is 553. The minimum atomic E-state index is -1.18. The fourth-order valence-corrected chi connectivity index (χ4v) is 2.51. The van der Waals surface area contributed by atoms with Crippen molar-refractivity contribution >= 4 is 12.1 Å². The van der Waals surface area contributed by atoms with Gasteiger partial charge in [0.2, 0.25) is 0 Å². The third kappa shape index (κ3) is 6.69. The topological polar surface area (TPSA) is 106 Å². The predicted molar refractivity (Wildman–Crippen MR) is 89.0 cm³/mol. The second kappa shape index (κ2) is 9.97. The Kier molecular flexibility index (Phi) is 7.65. The number of carboxylic acids is 1. The first-order valence-corrected chi connectivity index (χ1v) is 8.15. The third-order valence-electron chi connectivity index (χ3n) is 3.89. The molecule has 1 aliphatic heterocycles.